The van der Waals surface area contributed by atoms with Gasteiger partial charge in [0.25, 0.3) is 5.56 Å². The fourth-order valence-electron chi connectivity index (χ4n) is 1.41. The fourth-order valence-corrected chi connectivity index (χ4v) is 1.86. The second kappa shape index (κ2) is 5.78. The van der Waals surface area contributed by atoms with E-state index in [4.69, 9.17) is 5.11 Å². The van der Waals surface area contributed by atoms with Gasteiger partial charge in [0.05, 0.1) is 31.2 Å². The highest BCUT2D eigenvalue weighted by Crippen LogP contribution is 2.16. The van der Waals surface area contributed by atoms with Crippen molar-refractivity contribution >= 4 is 21.6 Å². The van der Waals surface area contributed by atoms with Crippen molar-refractivity contribution in [3.8, 4) is 0 Å². The lowest BCUT2D eigenvalue weighted by Gasteiger charge is -2.08. The Morgan fingerprint density at radius 2 is 2.33 bits per heavy atom. The number of nitrogens with one attached hydrogen (secondary N) is 2. The van der Waals surface area contributed by atoms with Crippen LogP contribution >= 0.6 is 15.9 Å². The Morgan fingerprint density at radius 1 is 1.50 bits per heavy atom. The molecule has 7 nitrogen and oxygen atoms in total. The van der Waals surface area contributed by atoms with E-state index in [0.29, 0.717) is 16.7 Å². The number of anilines is 1. The van der Waals surface area contributed by atoms with Gasteiger partial charge in [-0.05, 0) is 15.9 Å². The van der Waals surface area contributed by atoms with E-state index in [9.17, 15) is 4.79 Å². The van der Waals surface area contributed by atoms with E-state index in [1.54, 1.807) is 18.6 Å². The van der Waals surface area contributed by atoms with E-state index < -0.39 is 0 Å². The van der Waals surface area contributed by atoms with Crippen LogP contribution in [0.5, 0.6) is 0 Å². The molecule has 3 N–H and O–H groups in total. The molecule has 0 amide bonds. The zero-order valence-corrected chi connectivity index (χ0v) is 11.0. The lowest BCUT2D eigenvalue weighted by atomic mass is 10.3. The summed E-state index contributed by atoms with van der Waals surface area (Å²) in [6.45, 7) is 0.598. The number of halogens is 1. The Bertz CT molecular complexity index is 566. The molecule has 0 unspecified atom stereocenters. The Balaban J connectivity index is 2.14. The number of H-pyrrole nitrogens is 1. The second-order valence-corrected chi connectivity index (χ2v) is 4.38. The highest BCUT2D eigenvalue weighted by molar-refractivity contribution is 9.10. The molecule has 0 saturated carbocycles. The van der Waals surface area contributed by atoms with Gasteiger partial charge in [0.2, 0.25) is 0 Å². The first-order chi connectivity index (χ1) is 8.72. The van der Waals surface area contributed by atoms with Gasteiger partial charge in [0.1, 0.15) is 4.47 Å². The van der Waals surface area contributed by atoms with Gasteiger partial charge < -0.3 is 10.4 Å². The first kappa shape index (κ1) is 12.8. The van der Waals surface area contributed by atoms with Crippen molar-refractivity contribution in [2.45, 2.75) is 13.1 Å². The molecule has 0 aliphatic heterocycles. The van der Waals surface area contributed by atoms with Crippen LogP contribution < -0.4 is 10.9 Å². The topological polar surface area (TPSA) is 95.8 Å². The maximum atomic E-state index is 11.8. The molecular weight excluding hydrogens is 302 g/mol. The number of aromatic nitrogens is 4. The quantitative estimate of drug-likeness (QED) is 0.739. The van der Waals surface area contributed by atoms with Gasteiger partial charge >= 0.3 is 0 Å². The first-order valence-electron chi connectivity index (χ1n) is 5.30. The summed E-state index contributed by atoms with van der Waals surface area (Å²) in [5.74, 6) is 0. The largest absolute Gasteiger partial charge is 0.394 e. The van der Waals surface area contributed by atoms with Crippen LogP contribution in [0.3, 0.4) is 0 Å². The highest BCUT2D eigenvalue weighted by atomic mass is 79.9. The molecule has 2 aromatic rings. The van der Waals surface area contributed by atoms with Crippen LogP contribution in [-0.2, 0) is 13.1 Å². The average molecular weight is 314 g/mol. The molecule has 0 atom stereocenters. The summed E-state index contributed by atoms with van der Waals surface area (Å²) in [6, 6.07) is 0. The van der Waals surface area contributed by atoms with Crippen molar-refractivity contribution in [2.24, 2.45) is 0 Å². The number of hydrogen-bond acceptors (Lipinski definition) is 5. The molecule has 0 aliphatic carbocycles. The Hall–Kier alpha value is -1.67. The SMILES string of the molecule is O=c1c(Br)c(NCc2cn[nH]c2)cnn1CCO. The first-order valence-corrected chi connectivity index (χ1v) is 6.09. The number of nitrogens with zero attached hydrogens (tertiary/aromatic N) is 3. The van der Waals surface area contributed by atoms with E-state index in [0.717, 1.165) is 5.56 Å². The Labute approximate surface area is 111 Å². The monoisotopic (exact) mass is 313 g/mol. The minimum Gasteiger partial charge on any atom is -0.394 e. The van der Waals surface area contributed by atoms with Crippen molar-refractivity contribution in [2.75, 3.05) is 11.9 Å². The van der Waals surface area contributed by atoms with Crippen LogP contribution in [0.4, 0.5) is 5.69 Å². The molecule has 0 radical (unpaired) electrons. The number of aliphatic hydroxyl groups is 1. The van der Waals surface area contributed by atoms with Crippen molar-refractivity contribution < 1.29 is 5.11 Å². The minimum absolute atomic E-state index is 0.124. The van der Waals surface area contributed by atoms with E-state index in [2.05, 4.69) is 36.5 Å². The summed E-state index contributed by atoms with van der Waals surface area (Å²) < 4.78 is 1.60. The Morgan fingerprint density at radius 3 is 3.00 bits per heavy atom. The van der Waals surface area contributed by atoms with E-state index >= 15 is 0 Å². The number of rotatable bonds is 5. The van der Waals surface area contributed by atoms with Gasteiger partial charge in [-0.3, -0.25) is 9.89 Å². The normalized spacial score (nSPS) is 10.6. The van der Waals surface area contributed by atoms with Crippen LogP contribution in [0.1, 0.15) is 5.56 Å². The van der Waals surface area contributed by atoms with Gasteiger partial charge in [-0.15, -0.1) is 0 Å². The number of hydrogen-bond donors (Lipinski definition) is 3. The zero-order chi connectivity index (χ0) is 13.0. The summed E-state index contributed by atoms with van der Waals surface area (Å²) in [6.07, 6.45) is 5.00. The van der Waals surface area contributed by atoms with E-state index in [1.807, 2.05) is 0 Å². The molecule has 0 aromatic carbocycles. The van der Waals surface area contributed by atoms with Crippen LogP contribution in [0.15, 0.2) is 27.9 Å². The van der Waals surface area contributed by atoms with Crippen LogP contribution in [0.2, 0.25) is 0 Å². The van der Waals surface area contributed by atoms with Crippen LogP contribution in [0.25, 0.3) is 0 Å². The van der Waals surface area contributed by atoms with Crippen LogP contribution in [-0.4, -0.2) is 31.7 Å². The summed E-state index contributed by atoms with van der Waals surface area (Å²) in [4.78, 5) is 11.8. The standard InChI is InChI=1S/C10H12BrN5O2/c11-9-8(12-3-7-4-13-14-5-7)6-15-16(1-2-17)10(9)18/h4-6,12,17H,1-3H2,(H,13,14). The molecule has 2 rings (SSSR count). The Kier molecular flexibility index (Phi) is 4.11. The smallest absolute Gasteiger partial charge is 0.283 e. The van der Waals surface area contributed by atoms with Crippen LogP contribution in [0, 0.1) is 0 Å². The van der Waals surface area contributed by atoms with Gasteiger partial charge in [-0.25, -0.2) is 4.68 Å². The summed E-state index contributed by atoms with van der Waals surface area (Å²) in [5.41, 5.74) is 1.30. The molecule has 0 saturated heterocycles. The van der Waals surface area contributed by atoms with Gasteiger partial charge in [0.15, 0.2) is 0 Å². The lowest BCUT2D eigenvalue weighted by Crippen LogP contribution is -2.25. The molecule has 0 bridgehead atoms. The lowest BCUT2D eigenvalue weighted by molar-refractivity contribution is 0.266. The molecule has 2 heterocycles. The van der Waals surface area contributed by atoms with E-state index in [1.165, 1.54) is 4.68 Å². The zero-order valence-electron chi connectivity index (χ0n) is 9.43. The van der Waals surface area contributed by atoms with E-state index in [-0.39, 0.29) is 18.7 Å². The molecular formula is C10H12BrN5O2. The molecule has 18 heavy (non-hydrogen) atoms. The molecule has 0 spiro atoms. The summed E-state index contributed by atoms with van der Waals surface area (Å²) in [7, 11) is 0. The van der Waals surface area contributed by atoms with Crippen molar-refractivity contribution in [3.63, 3.8) is 0 Å². The fraction of sp³-hybridized carbons (Fsp3) is 0.300. The van der Waals surface area contributed by atoms with Crippen molar-refractivity contribution in [3.05, 3.63) is 39.0 Å². The van der Waals surface area contributed by atoms with Gasteiger partial charge in [-0.2, -0.15) is 10.2 Å². The minimum atomic E-state index is -0.277. The molecule has 0 fully saturated rings. The van der Waals surface area contributed by atoms with Crippen molar-refractivity contribution in [1.29, 1.82) is 0 Å². The third-order valence-corrected chi connectivity index (χ3v) is 3.10. The highest BCUT2D eigenvalue weighted by Gasteiger charge is 2.08. The predicted octanol–water partition coefficient (Wildman–Crippen LogP) is 0.333. The maximum absolute atomic E-state index is 11.8. The molecule has 8 heteroatoms. The van der Waals surface area contributed by atoms with Crippen molar-refractivity contribution in [1.82, 2.24) is 20.0 Å². The molecule has 0 aliphatic rings. The van der Waals surface area contributed by atoms with Gasteiger partial charge in [0, 0.05) is 18.3 Å². The average Bonchev–Trinajstić information content (AvgIpc) is 2.87. The number of aromatic amines is 1. The maximum Gasteiger partial charge on any atom is 0.283 e. The molecule has 2 aromatic heterocycles. The molecule has 96 valence electrons. The second-order valence-electron chi connectivity index (χ2n) is 3.58. The predicted molar refractivity (Wildman–Crippen MR) is 69.2 cm³/mol. The van der Waals surface area contributed by atoms with Gasteiger partial charge in [-0.1, -0.05) is 0 Å². The summed E-state index contributed by atoms with van der Waals surface area (Å²) >= 11 is 3.22. The third kappa shape index (κ3) is 2.77. The summed E-state index contributed by atoms with van der Waals surface area (Å²) in [5, 5.41) is 22.4. The number of aliphatic hydroxyl groups excluding tert-OH is 1. The third-order valence-electron chi connectivity index (χ3n) is 2.33.